The number of benzene rings is 1. The molecule has 31 heavy (non-hydrogen) atoms. The number of rotatable bonds is 10. The molecule has 2 N–H and O–H groups in total. The van der Waals surface area contributed by atoms with E-state index in [9.17, 15) is 9.59 Å². The number of hydrogen-bond acceptors (Lipinski definition) is 6. The molecule has 0 aliphatic carbocycles. The number of anilines is 1. The molecular formula is C22H29N5O4. The van der Waals surface area contributed by atoms with Gasteiger partial charge in [0.1, 0.15) is 29.7 Å². The van der Waals surface area contributed by atoms with Crippen molar-refractivity contribution < 1.29 is 14.6 Å². The number of carboxylic acid groups (broad SMARTS) is 1. The Balaban J connectivity index is 1.74. The molecule has 3 rings (SSSR count). The zero-order valence-corrected chi connectivity index (χ0v) is 18.4. The van der Waals surface area contributed by atoms with Gasteiger partial charge in [-0.05, 0) is 37.6 Å². The van der Waals surface area contributed by atoms with Crippen LogP contribution in [0.4, 0.5) is 5.69 Å². The molecule has 0 radical (unpaired) electrons. The second kappa shape index (κ2) is 9.63. The molecule has 0 saturated heterocycles. The number of fused-ring (bicyclic) bond motifs is 1. The molecule has 1 unspecified atom stereocenters. The summed E-state index contributed by atoms with van der Waals surface area (Å²) in [4.78, 5) is 28.8. The summed E-state index contributed by atoms with van der Waals surface area (Å²) in [7, 11) is 1.78. The van der Waals surface area contributed by atoms with Gasteiger partial charge in [0.2, 0.25) is 0 Å². The summed E-state index contributed by atoms with van der Waals surface area (Å²) in [6.45, 7) is 6.31. The van der Waals surface area contributed by atoms with Crippen molar-refractivity contribution in [2.45, 2.75) is 52.6 Å². The van der Waals surface area contributed by atoms with Gasteiger partial charge in [0, 0.05) is 19.2 Å². The van der Waals surface area contributed by atoms with Crippen LogP contribution in [-0.2, 0) is 31.2 Å². The molecule has 9 heteroatoms. The van der Waals surface area contributed by atoms with Gasteiger partial charge in [0.25, 0.3) is 5.56 Å². The lowest BCUT2D eigenvalue weighted by atomic mass is 10.2. The molecule has 9 nitrogen and oxygen atoms in total. The van der Waals surface area contributed by atoms with Crippen LogP contribution in [0.5, 0.6) is 5.75 Å². The molecule has 0 saturated carbocycles. The van der Waals surface area contributed by atoms with E-state index in [2.05, 4.69) is 17.3 Å². The maximum Gasteiger partial charge on any atom is 0.325 e. The highest BCUT2D eigenvalue weighted by molar-refractivity contribution is 5.77. The largest absolute Gasteiger partial charge is 0.492 e. The van der Waals surface area contributed by atoms with Gasteiger partial charge in [-0.1, -0.05) is 20.3 Å². The van der Waals surface area contributed by atoms with Gasteiger partial charge < -0.3 is 15.2 Å². The molecular weight excluding hydrogens is 398 g/mol. The second-order valence-electron chi connectivity index (χ2n) is 7.43. The minimum atomic E-state index is -0.918. The Labute approximate surface area is 180 Å². The summed E-state index contributed by atoms with van der Waals surface area (Å²) in [6, 6.07) is 6.37. The van der Waals surface area contributed by atoms with Crippen molar-refractivity contribution in [2.24, 2.45) is 7.05 Å². The van der Waals surface area contributed by atoms with E-state index in [0.717, 1.165) is 18.5 Å². The standard InChI is InChI=1S/C22H29N5O4/c1-5-7-17-19-20(26(4)25-17)21(28)27(18(6-2)24-19)12-13-31-16-10-8-15(9-11-16)23-14(3)22(29)30/h8-11,14,23H,5-7,12-13H2,1-4H3,(H,29,30). The zero-order chi connectivity index (χ0) is 22.5. The third-order valence-electron chi connectivity index (χ3n) is 5.09. The van der Waals surface area contributed by atoms with Gasteiger partial charge in [-0.2, -0.15) is 5.10 Å². The van der Waals surface area contributed by atoms with Crippen LogP contribution in [0.25, 0.3) is 11.0 Å². The molecule has 2 aromatic heterocycles. The van der Waals surface area contributed by atoms with Gasteiger partial charge >= 0.3 is 5.97 Å². The molecule has 0 fully saturated rings. The number of nitrogens with one attached hydrogen (secondary N) is 1. The smallest absolute Gasteiger partial charge is 0.325 e. The fourth-order valence-electron chi connectivity index (χ4n) is 3.48. The lowest BCUT2D eigenvalue weighted by molar-refractivity contribution is -0.137. The van der Waals surface area contributed by atoms with Crippen LogP contribution in [0.3, 0.4) is 0 Å². The van der Waals surface area contributed by atoms with Crippen LogP contribution < -0.4 is 15.6 Å². The molecule has 0 spiro atoms. The molecule has 3 aromatic rings. The van der Waals surface area contributed by atoms with Crippen LogP contribution in [0, 0.1) is 0 Å². The van der Waals surface area contributed by atoms with Gasteiger partial charge in [0.15, 0.2) is 5.52 Å². The van der Waals surface area contributed by atoms with Crippen molar-refractivity contribution in [3.05, 3.63) is 46.1 Å². The Hall–Kier alpha value is -3.36. The average molecular weight is 428 g/mol. The Kier molecular flexibility index (Phi) is 6.94. The molecule has 1 aromatic carbocycles. The number of carbonyl (C=O) groups is 1. The average Bonchev–Trinajstić information content (AvgIpc) is 3.06. The third kappa shape index (κ3) is 4.87. The van der Waals surface area contributed by atoms with E-state index >= 15 is 0 Å². The van der Waals surface area contributed by atoms with Crippen LogP contribution in [-0.4, -0.2) is 43.1 Å². The van der Waals surface area contributed by atoms with Gasteiger partial charge in [0.05, 0.1) is 12.2 Å². The van der Waals surface area contributed by atoms with Crippen LogP contribution in [0.15, 0.2) is 29.1 Å². The maximum atomic E-state index is 13.1. The molecule has 0 amide bonds. The van der Waals surface area contributed by atoms with E-state index in [0.29, 0.717) is 47.9 Å². The second-order valence-corrected chi connectivity index (χ2v) is 7.43. The van der Waals surface area contributed by atoms with Crippen molar-refractivity contribution in [1.82, 2.24) is 19.3 Å². The number of carboxylic acids is 1. The molecule has 166 valence electrons. The van der Waals surface area contributed by atoms with Crippen molar-refractivity contribution >= 4 is 22.7 Å². The fourth-order valence-corrected chi connectivity index (χ4v) is 3.48. The maximum absolute atomic E-state index is 13.1. The quantitative estimate of drug-likeness (QED) is 0.511. The Morgan fingerprint density at radius 2 is 1.97 bits per heavy atom. The summed E-state index contributed by atoms with van der Waals surface area (Å²) >= 11 is 0. The predicted molar refractivity (Wildman–Crippen MR) is 119 cm³/mol. The van der Waals surface area contributed by atoms with E-state index in [-0.39, 0.29) is 5.56 Å². The number of ether oxygens (including phenoxy) is 1. The molecule has 1 atom stereocenters. The third-order valence-corrected chi connectivity index (χ3v) is 5.09. The van der Waals surface area contributed by atoms with Crippen LogP contribution in [0.1, 0.15) is 38.7 Å². The molecule has 0 bridgehead atoms. The first-order valence-corrected chi connectivity index (χ1v) is 10.5. The highest BCUT2D eigenvalue weighted by Crippen LogP contribution is 2.17. The fraction of sp³-hybridized carbons (Fsp3) is 0.455. The van der Waals surface area contributed by atoms with Crippen LogP contribution >= 0.6 is 0 Å². The van der Waals surface area contributed by atoms with Crippen molar-refractivity contribution in [2.75, 3.05) is 11.9 Å². The first kappa shape index (κ1) is 22.3. The van der Waals surface area contributed by atoms with Gasteiger partial charge in [-0.15, -0.1) is 0 Å². The molecule has 0 aliphatic rings. The monoisotopic (exact) mass is 427 g/mol. The zero-order valence-electron chi connectivity index (χ0n) is 18.4. The summed E-state index contributed by atoms with van der Waals surface area (Å²) in [6.07, 6.45) is 2.36. The Morgan fingerprint density at radius 1 is 1.26 bits per heavy atom. The van der Waals surface area contributed by atoms with Crippen molar-refractivity contribution in [1.29, 1.82) is 0 Å². The molecule has 0 aliphatic heterocycles. The minimum absolute atomic E-state index is 0.106. The normalized spacial score (nSPS) is 12.1. The summed E-state index contributed by atoms with van der Waals surface area (Å²) in [5.74, 6) is 0.436. The summed E-state index contributed by atoms with van der Waals surface area (Å²) < 4.78 is 9.08. The highest BCUT2D eigenvalue weighted by Gasteiger charge is 2.17. The van der Waals surface area contributed by atoms with E-state index in [4.69, 9.17) is 14.8 Å². The highest BCUT2D eigenvalue weighted by atomic mass is 16.5. The lowest BCUT2D eigenvalue weighted by Crippen LogP contribution is -2.28. The Bertz CT molecular complexity index is 1120. The summed E-state index contributed by atoms with van der Waals surface area (Å²) in [5.41, 5.74) is 2.66. The van der Waals surface area contributed by atoms with E-state index < -0.39 is 12.0 Å². The van der Waals surface area contributed by atoms with Gasteiger partial charge in [-0.25, -0.2) is 4.98 Å². The first-order valence-electron chi connectivity index (χ1n) is 10.5. The number of nitrogens with zero attached hydrogens (tertiary/aromatic N) is 4. The van der Waals surface area contributed by atoms with Crippen molar-refractivity contribution in [3.63, 3.8) is 0 Å². The topological polar surface area (TPSA) is 111 Å². The predicted octanol–water partition coefficient (Wildman–Crippen LogP) is 2.61. The molecule has 2 heterocycles. The first-order chi connectivity index (χ1) is 14.8. The lowest BCUT2D eigenvalue weighted by Gasteiger charge is -2.14. The van der Waals surface area contributed by atoms with Crippen LogP contribution in [0.2, 0.25) is 0 Å². The van der Waals surface area contributed by atoms with E-state index in [1.807, 2.05) is 6.92 Å². The minimum Gasteiger partial charge on any atom is -0.492 e. The Morgan fingerprint density at radius 3 is 2.58 bits per heavy atom. The van der Waals surface area contributed by atoms with E-state index in [1.54, 1.807) is 47.5 Å². The van der Waals surface area contributed by atoms with Crippen molar-refractivity contribution in [3.8, 4) is 5.75 Å². The number of aliphatic carboxylic acids is 1. The SMILES string of the molecule is CCCc1nn(C)c2c(=O)n(CCOc3ccc(NC(C)C(=O)O)cc3)c(CC)nc12. The number of hydrogen-bond donors (Lipinski definition) is 2. The number of aromatic nitrogens is 4. The van der Waals surface area contributed by atoms with E-state index in [1.165, 1.54) is 0 Å². The number of aryl methyl sites for hydroxylation is 3. The van der Waals surface area contributed by atoms with Gasteiger partial charge in [-0.3, -0.25) is 18.8 Å². The summed E-state index contributed by atoms with van der Waals surface area (Å²) in [5, 5.41) is 16.4.